The van der Waals surface area contributed by atoms with Crippen LogP contribution in [0, 0.1) is 0 Å². The zero-order valence-corrected chi connectivity index (χ0v) is 19.8. The van der Waals surface area contributed by atoms with Crippen molar-refractivity contribution >= 4 is 15.2 Å². The molecular formula is C18H35KO4S. The Morgan fingerprint density at radius 1 is 0.667 bits per heavy atom. The van der Waals surface area contributed by atoms with E-state index in [0.29, 0.717) is 6.42 Å². The molecule has 24 heavy (non-hydrogen) atoms. The Morgan fingerprint density at radius 3 is 1.25 bits per heavy atom. The summed E-state index contributed by atoms with van der Waals surface area (Å²) in [6.45, 7) is 2.25. The second kappa shape index (κ2) is 19.0. The number of rotatable bonds is 16. The molecule has 0 amide bonds. The third kappa shape index (κ3) is 19.5. The number of hydrogen-bond acceptors (Lipinski definition) is 4. The van der Waals surface area contributed by atoms with Gasteiger partial charge in [-0.2, -0.15) is 0 Å². The van der Waals surface area contributed by atoms with Crippen LogP contribution in [0.25, 0.3) is 0 Å². The maximum atomic E-state index is 10.9. The smallest absolute Gasteiger partial charge is 0.742 e. The molecule has 0 aliphatic rings. The Balaban J connectivity index is 0. The van der Waals surface area contributed by atoms with Crippen molar-refractivity contribution in [1.29, 1.82) is 0 Å². The van der Waals surface area contributed by atoms with Crippen molar-refractivity contribution < 1.29 is 69.1 Å². The first kappa shape index (κ1) is 27.4. The summed E-state index contributed by atoms with van der Waals surface area (Å²) < 4.78 is 31.2. The molecule has 0 aromatic carbocycles. The van der Waals surface area contributed by atoms with Crippen molar-refractivity contribution in [2.75, 3.05) is 0 Å². The fraction of sp³-hybridized carbons (Fsp3) is 0.944. The van der Waals surface area contributed by atoms with E-state index >= 15 is 0 Å². The van der Waals surface area contributed by atoms with Gasteiger partial charge in [0, 0.05) is 6.42 Å². The van der Waals surface area contributed by atoms with Crippen molar-refractivity contribution in [2.24, 2.45) is 0 Å². The van der Waals surface area contributed by atoms with Crippen LogP contribution in [-0.4, -0.2) is 18.1 Å². The molecule has 0 atom stereocenters. The molecule has 0 spiro atoms. The molecule has 0 aliphatic heterocycles. The molecule has 0 fully saturated rings. The predicted octanol–water partition coefficient (Wildman–Crippen LogP) is 2.32. The fourth-order valence-electron chi connectivity index (χ4n) is 2.77. The maximum Gasteiger partial charge on any atom is 1.00 e. The van der Waals surface area contributed by atoms with E-state index in [1.807, 2.05) is 0 Å². The molecule has 0 aromatic rings. The molecule has 6 heteroatoms. The number of carbonyl (C=O) groups excluding carboxylic acids is 1. The standard InChI is InChI=1S/C18H36O4S.K/c1-2-3-4-5-6-7-8-9-10-11-12-13-14-15-16-17-18(19)23(20,21)22;/h2-17H2,1H3,(H,20,21,22);/q;+1/p-1. The second-order valence-electron chi connectivity index (χ2n) is 6.53. The van der Waals surface area contributed by atoms with Gasteiger partial charge < -0.3 is 4.55 Å². The van der Waals surface area contributed by atoms with E-state index in [0.717, 1.165) is 19.3 Å². The van der Waals surface area contributed by atoms with Gasteiger partial charge in [-0.3, -0.25) is 4.79 Å². The van der Waals surface area contributed by atoms with Gasteiger partial charge in [0.25, 0.3) is 0 Å². The average Bonchev–Trinajstić information content (AvgIpc) is 2.50. The number of hydrogen-bond donors (Lipinski definition) is 0. The van der Waals surface area contributed by atoms with Gasteiger partial charge in [-0.1, -0.05) is 96.8 Å². The van der Waals surface area contributed by atoms with E-state index in [1.54, 1.807) is 0 Å². The minimum Gasteiger partial charge on any atom is -0.742 e. The summed E-state index contributed by atoms with van der Waals surface area (Å²) in [7, 11) is -4.71. The van der Waals surface area contributed by atoms with Gasteiger partial charge in [0.05, 0.1) is 0 Å². The zero-order valence-electron chi connectivity index (χ0n) is 15.9. The summed E-state index contributed by atoms with van der Waals surface area (Å²) in [4.78, 5) is 10.9. The minimum atomic E-state index is -4.71. The summed E-state index contributed by atoms with van der Waals surface area (Å²) in [6.07, 6.45) is 18.1. The van der Waals surface area contributed by atoms with Gasteiger partial charge in [-0.25, -0.2) is 8.42 Å². The van der Waals surface area contributed by atoms with Gasteiger partial charge in [0.2, 0.25) is 5.12 Å². The average molecular weight is 387 g/mol. The summed E-state index contributed by atoms with van der Waals surface area (Å²) in [5.74, 6) is 0. The molecule has 0 aliphatic carbocycles. The Labute approximate surface area is 192 Å². The molecule has 0 unspecified atom stereocenters. The van der Waals surface area contributed by atoms with Crippen LogP contribution in [0.15, 0.2) is 0 Å². The van der Waals surface area contributed by atoms with Crippen LogP contribution in [-0.2, 0) is 14.9 Å². The SMILES string of the molecule is CCCCCCCCCCCCCCCCCC(=O)S(=O)(=O)[O-].[K+]. The van der Waals surface area contributed by atoms with E-state index in [-0.39, 0.29) is 57.8 Å². The fourth-order valence-corrected chi connectivity index (χ4v) is 3.16. The second-order valence-corrected chi connectivity index (χ2v) is 7.89. The summed E-state index contributed by atoms with van der Waals surface area (Å²) in [5.41, 5.74) is 0. The van der Waals surface area contributed by atoms with Crippen molar-refractivity contribution in [3.63, 3.8) is 0 Å². The van der Waals surface area contributed by atoms with Crippen LogP contribution in [0.4, 0.5) is 0 Å². The first-order valence-corrected chi connectivity index (χ1v) is 10.9. The first-order valence-electron chi connectivity index (χ1n) is 9.47. The molecule has 0 bridgehead atoms. The molecule has 0 saturated heterocycles. The van der Waals surface area contributed by atoms with Gasteiger partial charge in [0.15, 0.2) is 10.1 Å². The Bertz CT molecular complexity index is 382. The molecule has 4 nitrogen and oxygen atoms in total. The third-order valence-electron chi connectivity index (χ3n) is 4.26. The van der Waals surface area contributed by atoms with Crippen LogP contribution in [0.1, 0.15) is 110 Å². The van der Waals surface area contributed by atoms with Crippen LogP contribution < -0.4 is 51.4 Å². The van der Waals surface area contributed by atoms with E-state index in [2.05, 4.69) is 6.92 Å². The largest absolute Gasteiger partial charge is 1.00 e. The Hall–Kier alpha value is 1.22. The van der Waals surface area contributed by atoms with Crippen LogP contribution in [0.2, 0.25) is 0 Å². The third-order valence-corrected chi connectivity index (χ3v) is 5.03. The maximum absolute atomic E-state index is 10.9. The summed E-state index contributed by atoms with van der Waals surface area (Å²) in [6, 6.07) is 0. The van der Waals surface area contributed by atoms with Crippen molar-refractivity contribution in [1.82, 2.24) is 0 Å². The zero-order chi connectivity index (χ0) is 17.4. The molecule has 0 N–H and O–H groups in total. The molecule has 0 heterocycles. The van der Waals surface area contributed by atoms with Crippen molar-refractivity contribution in [2.45, 2.75) is 110 Å². The molecule has 138 valence electrons. The summed E-state index contributed by atoms with van der Waals surface area (Å²) >= 11 is 0. The van der Waals surface area contributed by atoms with Crippen molar-refractivity contribution in [3.8, 4) is 0 Å². The Morgan fingerprint density at radius 2 is 0.958 bits per heavy atom. The van der Waals surface area contributed by atoms with E-state index < -0.39 is 15.2 Å². The molecule has 0 aromatic heterocycles. The van der Waals surface area contributed by atoms with Crippen LogP contribution in [0.5, 0.6) is 0 Å². The van der Waals surface area contributed by atoms with Gasteiger partial charge in [-0.05, 0) is 6.42 Å². The van der Waals surface area contributed by atoms with Crippen LogP contribution >= 0.6 is 0 Å². The number of carbonyl (C=O) groups is 1. The molecule has 0 radical (unpaired) electrons. The van der Waals surface area contributed by atoms with E-state index in [9.17, 15) is 17.8 Å². The monoisotopic (exact) mass is 386 g/mol. The van der Waals surface area contributed by atoms with Crippen LogP contribution in [0.3, 0.4) is 0 Å². The topological polar surface area (TPSA) is 74.3 Å². The first-order chi connectivity index (χ1) is 11.0. The summed E-state index contributed by atoms with van der Waals surface area (Å²) in [5, 5.41) is -1.16. The normalized spacial score (nSPS) is 11.2. The number of unbranched alkanes of at least 4 members (excludes halogenated alkanes) is 14. The quantitative estimate of drug-likeness (QED) is 0.232. The van der Waals surface area contributed by atoms with Gasteiger partial charge in [0.1, 0.15) is 0 Å². The minimum absolute atomic E-state index is 0. The Kier molecular flexibility index (Phi) is 21.7. The molecule has 0 rings (SSSR count). The predicted molar refractivity (Wildman–Crippen MR) is 94.3 cm³/mol. The molecule has 0 saturated carbocycles. The molecular weight excluding hydrogens is 351 g/mol. The van der Waals surface area contributed by atoms with Gasteiger partial charge >= 0.3 is 51.4 Å². The van der Waals surface area contributed by atoms with E-state index in [4.69, 9.17) is 0 Å². The van der Waals surface area contributed by atoms with Gasteiger partial charge in [-0.15, -0.1) is 0 Å². The van der Waals surface area contributed by atoms with E-state index in [1.165, 1.54) is 70.6 Å². The van der Waals surface area contributed by atoms with Crippen molar-refractivity contribution in [3.05, 3.63) is 0 Å².